The molecule has 4 nitrogen and oxygen atoms in total. The monoisotopic (exact) mass is 291 g/mol. The number of benzene rings is 2. The smallest absolute Gasteiger partial charge is 0.124 e. The zero-order valence-electron chi connectivity index (χ0n) is 12.0. The Balaban J connectivity index is 2.29. The van der Waals surface area contributed by atoms with Crippen molar-refractivity contribution in [3.63, 3.8) is 0 Å². The first-order valence-electron chi connectivity index (χ1n) is 6.52. The van der Waals surface area contributed by atoms with Gasteiger partial charge in [-0.15, -0.1) is 0 Å². The zero-order valence-corrected chi connectivity index (χ0v) is 12.0. The van der Waals surface area contributed by atoms with E-state index in [1.807, 2.05) is 0 Å². The summed E-state index contributed by atoms with van der Waals surface area (Å²) in [4.78, 5) is 0. The average Bonchev–Trinajstić information content (AvgIpc) is 2.53. The highest BCUT2D eigenvalue weighted by molar-refractivity contribution is 5.49. The predicted molar refractivity (Wildman–Crippen MR) is 79.4 cm³/mol. The fraction of sp³-hybridized carbons (Fsp3) is 0.250. The molecular weight excluding hydrogens is 273 g/mol. The molecule has 5 heteroatoms. The van der Waals surface area contributed by atoms with Crippen molar-refractivity contribution in [2.75, 3.05) is 26.1 Å². The number of ether oxygens (including phenoxy) is 2. The van der Waals surface area contributed by atoms with Crippen LogP contribution >= 0.6 is 0 Å². The van der Waals surface area contributed by atoms with E-state index in [2.05, 4.69) is 5.32 Å². The maximum Gasteiger partial charge on any atom is 0.124 e. The van der Waals surface area contributed by atoms with Crippen LogP contribution in [0.25, 0.3) is 0 Å². The standard InChI is InChI=1S/C16H18FNO3/c1-20-13-7-8-16(21-2)14(9-13)15(10-19)18-12-5-3-11(17)4-6-12/h3-9,15,18-19H,10H2,1-2H3. The summed E-state index contributed by atoms with van der Waals surface area (Å²) in [5.41, 5.74) is 1.48. The second kappa shape index (κ2) is 6.95. The van der Waals surface area contributed by atoms with E-state index in [1.54, 1.807) is 44.6 Å². The van der Waals surface area contributed by atoms with Crippen molar-refractivity contribution in [3.8, 4) is 11.5 Å². The van der Waals surface area contributed by atoms with Gasteiger partial charge in [-0.2, -0.15) is 0 Å². The van der Waals surface area contributed by atoms with Crippen LogP contribution in [-0.2, 0) is 0 Å². The molecule has 0 fully saturated rings. The van der Waals surface area contributed by atoms with Gasteiger partial charge >= 0.3 is 0 Å². The van der Waals surface area contributed by atoms with Crippen LogP contribution in [0, 0.1) is 5.82 Å². The lowest BCUT2D eigenvalue weighted by Crippen LogP contribution is -2.16. The first kappa shape index (κ1) is 15.1. The van der Waals surface area contributed by atoms with Crippen LogP contribution in [0.15, 0.2) is 42.5 Å². The molecule has 0 saturated heterocycles. The molecule has 1 unspecified atom stereocenters. The van der Waals surface area contributed by atoms with Gasteiger partial charge in [-0.1, -0.05) is 0 Å². The molecule has 1 atom stereocenters. The van der Waals surface area contributed by atoms with Crippen LogP contribution in [0.3, 0.4) is 0 Å². The molecule has 2 rings (SSSR count). The molecule has 0 radical (unpaired) electrons. The molecule has 0 spiro atoms. The lowest BCUT2D eigenvalue weighted by atomic mass is 10.1. The van der Waals surface area contributed by atoms with E-state index < -0.39 is 0 Å². The second-order valence-corrected chi connectivity index (χ2v) is 4.49. The average molecular weight is 291 g/mol. The van der Waals surface area contributed by atoms with Gasteiger partial charge < -0.3 is 19.9 Å². The van der Waals surface area contributed by atoms with Crippen LogP contribution < -0.4 is 14.8 Å². The van der Waals surface area contributed by atoms with E-state index >= 15 is 0 Å². The fourth-order valence-corrected chi connectivity index (χ4v) is 2.08. The number of methoxy groups -OCH3 is 2. The number of aliphatic hydroxyl groups is 1. The van der Waals surface area contributed by atoms with Crippen LogP contribution in [0.1, 0.15) is 11.6 Å². The van der Waals surface area contributed by atoms with Gasteiger partial charge in [-0.25, -0.2) is 4.39 Å². The zero-order chi connectivity index (χ0) is 15.2. The van der Waals surface area contributed by atoms with Crippen molar-refractivity contribution < 1.29 is 19.0 Å². The quantitative estimate of drug-likeness (QED) is 0.859. The van der Waals surface area contributed by atoms with Gasteiger partial charge in [-0.05, 0) is 42.5 Å². The summed E-state index contributed by atoms with van der Waals surface area (Å²) in [6.45, 7) is -0.138. The van der Waals surface area contributed by atoms with Gasteiger partial charge in [-0.3, -0.25) is 0 Å². The lowest BCUT2D eigenvalue weighted by Gasteiger charge is -2.21. The maximum atomic E-state index is 12.9. The molecule has 0 aliphatic heterocycles. The molecule has 0 amide bonds. The summed E-state index contributed by atoms with van der Waals surface area (Å²) < 4.78 is 23.5. The van der Waals surface area contributed by atoms with Crippen LogP contribution in [0.5, 0.6) is 11.5 Å². The minimum absolute atomic E-state index is 0.138. The Labute approximate surface area is 123 Å². The Kier molecular flexibility index (Phi) is 5.00. The first-order chi connectivity index (χ1) is 10.2. The Morgan fingerprint density at radius 1 is 1.10 bits per heavy atom. The number of halogens is 1. The van der Waals surface area contributed by atoms with Crippen molar-refractivity contribution in [2.24, 2.45) is 0 Å². The molecule has 21 heavy (non-hydrogen) atoms. The number of hydrogen-bond donors (Lipinski definition) is 2. The van der Waals surface area contributed by atoms with E-state index in [1.165, 1.54) is 12.1 Å². The van der Waals surface area contributed by atoms with Crippen molar-refractivity contribution >= 4 is 5.69 Å². The second-order valence-electron chi connectivity index (χ2n) is 4.49. The van der Waals surface area contributed by atoms with Crippen molar-refractivity contribution in [2.45, 2.75) is 6.04 Å². The predicted octanol–water partition coefficient (Wildman–Crippen LogP) is 2.99. The minimum Gasteiger partial charge on any atom is -0.497 e. The Morgan fingerprint density at radius 2 is 1.81 bits per heavy atom. The summed E-state index contributed by atoms with van der Waals surface area (Å²) in [5.74, 6) is 1.01. The summed E-state index contributed by atoms with van der Waals surface area (Å²) >= 11 is 0. The molecule has 0 bridgehead atoms. The van der Waals surface area contributed by atoms with Crippen LogP contribution in [0.4, 0.5) is 10.1 Å². The van der Waals surface area contributed by atoms with Crippen molar-refractivity contribution in [3.05, 3.63) is 53.8 Å². The van der Waals surface area contributed by atoms with Gasteiger partial charge in [0.05, 0.1) is 26.9 Å². The molecular formula is C16H18FNO3. The van der Waals surface area contributed by atoms with E-state index in [-0.39, 0.29) is 18.5 Å². The van der Waals surface area contributed by atoms with Gasteiger partial charge in [0.1, 0.15) is 17.3 Å². The highest BCUT2D eigenvalue weighted by Crippen LogP contribution is 2.31. The van der Waals surface area contributed by atoms with E-state index in [9.17, 15) is 9.50 Å². The van der Waals surface area contributed by atoms with Crippen molar-refractivity contribution in [1.82, 2.24) is 0 Å². The molecule has 112 valence electrons. The number of rotatable bonds is 6. The molecule has 2 aromatic rings. The number of nitrogens with one attached hydrogen (secondary N) is 1. The largest absolute Gasteiger partial charge is 0.497 e. The molecule has 0 aliphatic carbocycles. The van der Waals surface area contributed by atoms with E-state index in [0.717, 1.165) is 5.56 Å². The van der Waals surface area contributed by atoms with Gasteiger partial charge in [0, 0.05) is 11.3 Å². The van der Waals surface area contributed by atoms with Gasteiger partial charge in [0.25, 0.3) is 0 Å². The maximum absolute atomic E-state index is 12.9. The third-order valence-corrected chi connectivity index (χ3v) is 3.18. The third-order valence-electron chi connectivity index (χ3n) is 3.18. The molecule has 0 aromatic heterocycles. The Hall–Kier alpha value is -2.27. The summed E-state index contributed by atoms with van der Waals surface area (Å²) in [7, 11) is 3.14. The number of aliphatic hydroxyl groups excluding tert-OH is 1. The lowest BCUT2D eigenvalue weighted by molar-refractivity contribution is 0.272. The van der Waals surface area contributed by atoms with Gasteiger partial charge in [0.2, 0.25) is 0 Å². The third kappa shape index (κ3) is 3.64. The van der Waals surface area contributed by atoms with E-state index in [0.29, 0.717) is 17.2 Å². The molecule has 2 N–H and O–H groups in total. The highest BCUT2D eigenvalue weighted by Gasteiger charge is 2.16. The van der Waals surface area contributed by atoms with E-state index in [4.69, 9.17) is 9.47 Å². The SMILES string of the molecule is COc1ccc(OC)c(C(CO)Nc2ccc(F)cc2)c1. The molecule has 0 saturated carbocycles. The first-order valence-corrected chi connectivity index (χ1v) is 6.52. The summed E-state index contributed by atoms with van der Waals surface area (Å²) in [6.07, 6.45) is 0. The van der Waals surface area contributed by atoms with Crippen LogP contribution in [0.2, 0.25) is 0 Å². The summed E-state index contributed by atoms with van der Waals surface area (Å²) in [5, 5.41) is 12.8. The highest BCUT2D eigenvalue weighted by atomic mass is 19.1. The number of anilines is 1. The minimum atomic E-state index is -0.388. The summed E-state index contributed by atoms with van der Waals surface area (Å²) in [6, 6.07) is 10.9. The normalized spacial score (nSPS) is 11.8. The molecule has 0 heterocycles. The van der Waals surface area contributed by atoms with Crippen LogP contribution in [-0.4, -0.2) is 25.9 Å². The molecule has 0 aliphatic rings. The van der Waals surface area contributed by atoms with Crippen molar-refractivity contribution in [1.29, 1.82) is 0 Å². The fourth-order valence-electron chi connectivity index (χ4n) is 2.08. The Bertz CT molecular complexity index is 587. The topological polar surface area (TPSA) is 50.7 Å². The number of hydrogen-bond acceptors (Lipinski definition) is 4. The van der Waals surface area contributed by atoms with Gasteiger partial charge in [0.15, 0.2) is 0 Å². The Morgan fingerprint density at radius 3 is 2.38 bits per heavy atom. The molecule has 2 aromatic carbocycles.